The summed E-state index contributed by atoms with van der Waals surface area (Å²) in [6, 6.07) is 7.53. The predicted octanol–water partition coefficient (Wildman–Crippen LogP) is 3.33. The first-order valence-electron chi connectivity index (χ1n) is 7.41. The van der Waals surface area contributed by atoms with Crippen molar-refractivity contribution in [3.05, 3.63) is 24.3 Å². The maximum absolute atomic E-state index is 11.8. The third-order valence-electron chi connectivity index (χ3n) is 3.52. The quantitative estimate of drug-likeness (QED) is 0.809. The molecule has 4 nitrogen and oxygen atoms in total. The van der Waals surface area contributed by atoms with Gasteiger partial charge in [0.1, 0.15) is 0 Å². The summed E-state index contributed by atoms with van der Waals surface area (Å²) in [7, 11) is 0. The summed E-state index contributed by atoms with van der Waals surface area (Å²) in [4.78, 5) is 25.3. The van der Waals surface area contributed by atoms with E-state index < -0.39 is 0 Å². The number of hydrogen-bond acceptors (Lipinski definition) is 2. The van der Waals surface area contributed by atoms with Crippen LogP contribution in [0.4, 0.5) is 11.4 Å². The molecular formula is C16H22N2O2. The number of carbonyl (C=O) groups is 2. The van der Waals surface area contributed by atoms with E-state index in [4.69, 9.17) is 0 Å². The van der Waals surface area contributed by atoms with Gasteiger partial charge in [-0.05, 0) is 31.0 Å². The van der Waals surface area contributed by atoms with Gasteiger partial charge in [0.05, 0.1) is 0 Å². The monoisotopic (exact) mass is 274 g/mol. The van der Waals surface area contributed by atoms with Gasteiger partial charge >= 0.3 is 0 Å². The molecule has 4 heteroatoms. The molecule has 0 unspecified atom stereocenters. The topological polar surface area (TPSA) is 49.4 Å². The number of hydrogen-bond donors (Lipinski definition) is 1. The van der Waals surface area contributed by atoms with Gasteiger partial charge in [-0.3, -0.25) is 9.59 Å². The molecule has 1 saturated heterocycles. The largest absolute Gasteiger partial charge is 0.326 e. The van der Waals surface area contributed by atoms with Crippen molar-refractivity contribution < 1.29 is 9.59 Å². The Morgan fingerprint density at radius 2 is 2.20 bits per heavy atom. The lowest BCUT2D eigenvalue weighted by atomic mass is 10.2. The average molecular weight is 274 g/mol. The third-order valence-corrected chi connectivity index (χ3v) is 3.52. The fourth-order valence-corrected chi connectivity index (χ4v) is 2.43. The van der Waals surface area contributed by atoms with Crippen LogP contribution in [0.5, 0.6) is 0 Å². The molecule has 1 heterocycles. The van der Waals surface area contributed by atoms with Crippen molar-refractivity contribution in [1.82, 2.24) is 0 Å². The normalized spacial score (nSPS) is 14.7. The van der Waals surface area contributed by atoms with Gasteiger partial charge in [-0.1, -0.05) is 25.8 Å². The molecule has 1 aromatic rings. The highest BCUT2D eigenvalue weighted by Crippen LogP contribution is 2.24. The third kappa shape index (κ3) is 3.83. The summed E-state index contributed by atoms with van der Waals surface area (Å²) in [5.41, 5.74) is 1.64. The highest BCUT2D eigenvalue weighted by molar-refractivity contribution is 5.97. The smallest absolute Gasteiger partial charge is 0.227 e. The molecule has 2 amide bonds. The fourth-order valence-electron chi connectivity index (χ4n) is 2.43. The second kappa shape index (κ2) is 7.08. The van der Waals surface area contributed by atoms with E-state index in [0.29, 0.717) is 12.8 Å². The number of anilines is 2. The van der Waals surface area contributed by atoms with Crippen molar-refractivity contribution >= 4 is 23.2 Å². The van der Waals surface area contributed by atoms with E-state index in [-0.39, 0.29) is 11.8 Å². The second-order valence-electron chi connectivity index (χ2n) is 5.20. The number of rotatable bonds is 6. The minimum Gasteiger partial charge on any atom is -0.326 e. The van der Waals surface area contributed by atoms with Crippen molar-refractivity contribution in [3.8, 4) is 0 Å². The van der Waals surface area contributed by atoms with Crippen LogP contribution in [-0.2, 0) is 9.59 Å². The molecule has 1 aliphatic rings. The Bertz CT molecular complexity index is 485. The standard InChI is InChI=1S/C16H22N2O2/c1-2-3-4-9-15(19)17-13-7-5-8-14(12-13)18-11-6-10-16(18)20/h5,7-8,12H,2-4,6,9-11H2,1H3,(H,17,19). The van der Waals surface area contributed by atoms with Crippen LogP contribution in [0.2, 0.25) is 0 Å². The SMILES string of the molecule is CCCCCC(=O)Nc1cccc(N2CCCC2=O)c1. The Morgan fingerprint density at radius 1 is 1.35 bits per heavy atom. The maximum atomic E-state index is 11.8. The average Bonchev–Trinajstić information content (AvgIpc) is 2.85. The zero-order chi connectivity index (χ0) is 14.4. The highest BCUT2D eigenvalue weighted by atomic mass is 16.2. The van der Waals surface area contributed by atoms with E-state index in [0.717, 1.165) is 43.6 Å². The second-order valence-corrected chi connectivity index (χ2v) is 5.20. The van der Waals surface area contributed by atoms with Crippen LogP contribution in [0.3, 0.4) is 0 Å². The van der Waals surface area contributed by atoms with Gasteiger partial charge in [0.25, 0.3) is 0 Å². The van der Waals surface area contributed by atoms with Crippen LogP contribution >= 0.6 is 0 Å². The first-order chi connectivity index (χ1) is 9.70. The molecule has 2 rings (SSSR count). The van der Waals surface area contributed by atoms with Gasteiger partial charge in [-0.25, -0.2) is 0 Å². The molecular weight excluding hydrogens is 252 g/mol. The van der Waals surface area contributed by atoms with Crippen LogP contribution in [0, 0.1) is 0 Å². The van der Waals surface area contributed by atoms with Gasteiger partial charge in [0.15, 0.2) is 0 Å². The van der Waals surface area contributed by atoms with E-state index in [2.05, 4.69) is 12.2 Å². The fraction of sp³-hybridized carbons (Fsp3) is 0.500. The van der Waals surface area contributed by atoms with Crippen LogP contribution in [0.1, 0.15) is 45.4 Å². The number of nitrogens with one attached hydrogen (secondary N) is 1. The minimum atomic E-state index is 0.0448. The summed E-state index contributed by atoms with van der Waals surface area (Å²) in [5.74, 6) is 0.208. The van der Waals surface area contributed by atoms with Crippen LogP contribution in [0.15, 0.2) is 24.3 Å². The van der Waals surface area contributed by atoms with E-state index in [1.165, 1.54) is 0 Å². The Balaban J connectivity index is 1.95. The number of amides is 2. The molecule has 0 bridgehead atoms. The molecule has 0 radical (unpaired) electrons. The molecule has 0 spiro atoms. The molecule has 0 saturated carbocycles. The number of nitrogens with zero attached hydrogens (tertiary/aromatic N) is 1. The first-order valence-corrected chi connectivity index (χ1v) is 7.41. The molecule has 20 heavy (non-hydrogen) atoms. The van der Waals surface area contributed by atoms with Gasteiger partial charge in [-0.2, -0.15) is 0 Å². The van der Waals surface area contributed by atoms with Gasteiger partial charge in [0, 0.05) is 30.8 Å². The van der Waals surface area contributed by atoms with Crippen LogP contribution in [0.25, 0.3) is 0 Å². The lowest BCUT2D eigenvalue weighted by molar-refractivity contribution is -0.117. The molecule has 1 aromatic carbocycles. The minimum absolute atomic E-state index is 0.0448. The molecule has 1 fully saturated rings. The van der Waals surface area contributed by atoms with Crippen molar-refractivity contribution in [1.29, 1.82) is 0 Å². The molecule has 0 atom stereocenters. The molecule has 0 aromatic heterocycles. The van der Waals surface area contributed by atoms with E-state index in [9.17, 15) is 9.59 Å². The van der Waals surface area contributed by atoms with Crippen LogP contribution in [-0.4, -0.2) is 18.4 Å². The zero-order valence-corrected chi connectivity index (χ0v) is 12.0. The summed E-state index contributed by atoms with van der Waals surface area (Å²) in [6.45, 7) is 2.89. The zero-order valence-electron chi connectivity index (χ0n) is 12.0. The molecule has 1 N–H and O–H groups in total. The lowest BCUT2D eigenvalue weighted by Gasteiger charge is -2.16. The van der Waals surface area contributed by atoms with Gasteiger partial charge in [-0.15, -0.1) is 0 Å². The molecule has 0 aliphatic carbocycles. The number of benzene rings is 1. The predicted molar refractivity (Wildman–Crippen MR) is 80.8 cm³/mol. The van der Waals surface area contributed by atoms with Crippen molar-refractivity contribution in [2.45, 2.75) is 45.4 Å². The summed E-state index contributed by atoms with van der Waals surface area (Å²) in [6.07, 6.45) is 5.20. The van der Waals surface area contributed by atoms with Crippen molar-refractivity contribution in [2.24, 2.45) is 0 Å². The van der Waals surface area contributed by atoms with Gasteiger partial charge < -0.3 is 10.2 Å². The van der Waals surface area contributed by atoms with E-state index in [1.807, 2.05) is 24.3 Å². The number of carbonyl (C=O) groups excluding carboxylic acids is 2. The molecule has 108 valence electrons. The Hall–Kier alpha value is -1.84. The van der Waals surface area contributed by atoms with Gasteiger partial charge in [0.2, 0.25) is 11.8 Å². The highest BCUT2D eigenvalue weighted by Gasteiger charge is 2.21. The Labute approximate surface area is 120 Å². The Kier molecular flexibility index (Phi) is 5.16. The van der Waals surface area contributed by atoms with Crippen molar-refractivity contribution in [2.75, 3.05) is 16.8 Å². The molecule has 1 aliphatic heterocycles. The van der Waals surface area contributed by atoms with E-state index in [1.54, 1.807) is 4.90 Å². The summed E-state index contributed by atoms with van der Waals surface area (Å²) < 4.78 is 0. The summed E-state index contributed by atoms with van der Waals surface area (Å²) in [5, 5.41) is 2.90. The van der Waals surface area contributed by atoms with E-state index >= 15 is 0 Å². The van der Waals surface area contributed by atoms with Crippen LogP contribution < -0.4 is 10.2 Å². The maximum Gasteiger partial charge on any atom is 0.227 e. The first kappa shape index (κ1) is 14.6. The van der Waals surface area contributed by atoms with Crippen molar-refractivity contribution in [3.63, 3.8) is 0 Å². The summed E-state index contributed by atoms with van der Waals surface area (Å²) >= 11 is 0. The lowest BCUT2D eigenvalue weighted by Crippen LogP contribution is -2.23. The number of unbranched alkanes of at least 4 members (excludes halogenated alkanes) is 2. The Morgan fingerprint density at radius 3 is 2.90 bits per heavy atom.